The van der Waals surface area contributed by atoms with Gasteiger partial charge in [0.1, 0.15) is 12.4 Å². The first-order chi connectivity index (χ1) is 11.0. The highest BCUT2D eigenvalue weighted by atomic mass is 35.5. The summed E-state index contributed by atoms with van der Waals surface area (Å²) < 4.78 is 14.6. The highest BCUT2D eigenvalue weighted by Gasteiger charge is 2.10. The van der Waals surface area contributed by atoms with Crippen molar-refractivity contribution in [3.8, 4) is 0 Å². The van der Waals surface area contributed by atoms with Crippen LogP contribution in [0.25, 0.3) is 10.9 Å². The number of benzene rings is 2. The van der Waals surface area contributed by atoms with Crippen molar-refractivity contribution in [2.75, 3.05) is 5.32 Å². The van der Waals surface area contributed by atoms with E-state index in [0.717, 1.165) is 12.3 Å². The Morgan fingerprint density at radius 2 is 2.04 bits per heavy atom. The van der Waals surface area contributed by atoms with E-state index in [9.17, 15) is 14.0 Å². The van der Waals surface area contributed by atoms with Gasteiger partial charge in [0.05, 0.1) is 22.4 Å². The molecule has 5 nitrogen and oxygen atoms in total. The number of para-hydroxylation sites is 1. The van der Waals surface area contributed by atoms with Gasteiger partial charge in [0.15, 0.2) is 0 Å². The molecule has 23 heavy (non-hydrogen) atoms. The molecule has 1 aromatic heterocycles. The average molecular weight is 332 g/mol. The molecule has 3 aromatic rings. The van der Waals surface area contributed by atoms with Gasteiger partial charge in [-0.25, -0.2) is 4.39 Å². The molecule has 1 heterocycles. The van der Waals surface area contributed by atoms with Crippen LogP contribution in [-0.4, -0.2) is 15.7 Å². The highest BCUT2D eigenvalue weighted by Crippen LogP contribution is 2.22. The lowest BCUT2D eigenvalue weighted by atomic mass is 10.2. The zero-order valence-electron chi connectivity index (χ0n) is 11.8. The van der Waals surface area contributed by atoms with Gasteiger partial charge < -0.3 is 5.32 Å². The number of halogens is 2. The van der Waals surface area contributed by atoms with Crippen molar-refractivity contribution in [3.05, 3.63) is 69.7 Å². The van der Waals surface area contributed by atoms with Gasteiger partial charge in [-0.05, 0) is 30.3 Å². The molecule has 116 valence electrons. The summed E-state index contributed by atoms with van der Waals surface area (Å²) in [6.07, 6.45) is 1.16. The largest absolute Gasteiger partial charge is 0.323 e. The molecule has 0 fully saturated rings. The van der Waals surface area contributed by atoms with Gasteiger partial charge in [-0.15, -0.1) is 0 Å². The molecule has 1 amide bonds. The maximum atomic E-state index is 13.2. The summed E-state index contributed by atoms with van der Waals surface area (Å²) >= 11 is 5.91. The zero-order valence-corrected chi connectivity index (χ0v) is 12.5. The second-order valence-electron chi connectivity index (χ2n) is 4.86. The second-order valence-corrected chi connectivity index (χ2v) is 5.26. The Morgan fingerprint density at radius 1 is 1.26 bits per heavy atom. The molecule has 3 rings (SSSR count). The zero-order chi connectivity index (χ0) is 16.4. The number of hydrogen-bond acceptors (Lipinski definition) is 3. The highest BCUT2D eigenvalue weighted by molar-refractivity contribution is 6.33. The SMILES string of the molecule is O=C(Cn1ncc(=O)c2ccccc21)Nc1cc(F)ccc1Cl. The number of anilines is 1. The van der Waals surface area contributed by atoms with Gasteiger partial charge in [-0.2, -0.15) is 5.10 Å². The van der Waals surface area contributed by atoms with Crippen LogP contribution in [0, 0.1) is 5.82 Å². The lowest BCUT2D eigenvalue weighted by Crippen LogP contribution is -2.22. The fraction of sp³-hybridized carbons (Fsp3) is 0.0625. The Bertz CT molecular complexity index is 955. The van der Waals surface area contributed by atoms with E-state index in [0.29, 0.717) is 10.9 Å². The van der Waals surface area contributed by atoms with E-state index in [1.807, 2.05) is 0 Å². The Balaban J connectivity index is 1.88. The topological polar surface area (TPSA) is 64.0 Å². The standard InChI is InChI=1S/C16H11ClFN3O2/c17-12-6-5-10(18)7-13(12)20-16(23)9-21-14-4-2-1-3-11(14)15(22)8-19-21/h1-8H,9H2,(H,20,23). The summed E-state index contributed by atoms with van der Waals surface area (Å²) in [7, 11) is 0. The normalized spacial score (nSPS) is 10.7. The molecule has 1 N–H and O–H groups in total. The maximum Gasteiger partial charge on any atom is 0.246 e. The number of amides is 1. The number of hydrogen-bond donors (Lipinski definition) is 1. The van der Waals surface area contributed by atoms with E-state index in [4.69, 9.17) is 11.6 Å². The maximum absolute atomic E-state index is 13.2. The predicted molar refractivity (Wildman–Crippen MR) is 86.0 cm³/mol. The van der Waals surface area contributed by atoms with Gasteiger partial charge in [-0.1, -0.05) is 23.7 Å². The van der Waals surface area contributed by atoms with Crippen LogP contribution in [0.1, 0.15) is 0 Å². The minimum Gasteiger partial charge on any atom is -0.323 e. The van der Waals surface area contributed by atoms with Gasteiger partial charge in [-0.3, -0.25) is 14.3 Å². The van der Waals surface area contributed by atoms with Gasteiger partial charge >= 0.3 is 0 Å². The van der Waals surface area contributed by atoms with Crippen LogP contribution in [-0.2, 0) is 11.3 Å². The van der Waals surface area contributed by atoms with Crippen molar-refractivity contribution in [2.24, 2.45) is 0 Å². The minimum absolute atomic E-state index is 0.131. The fourth-order valence-electron chi connectivity index (χ4n) is 2.21. The van der Waals surface area contributed by atoms with Crippen LogP contribution in [0.5, 0.6) is 0 Å². The van der Waals surface area contributed by atoms with E-state index >= 15 is 0 Å². The monoisotopic (exact) mass is 331 g/mol. The number of nitrogens with zero attached hydrogens (tertiary/aromatic N) is 2. The number of carbonyl (C=O) groups excluding carboxylic acids is 1. The fourth-order valence-corrected chi connectivity index (χ4v) is 2.37. The Labute approximate surface area is 135 Å². The minimum atomic E-state index is -0.503. The van der Waals surface area contributed by atoms with E-state index < -0.39 is 11.7 Å². The molecular formula is C16H11ClFN3O2. The third kappa shape index (κ3) is 3.22. The van der Waals surface area contributed by atoms with E-state index in [1.54, 1.807) is 24.3 Å². The summed E-state index contributed by atoms with van der Waals surface area (Å²) in [5, 5.41) is 7.20. The van der Waals surface area contributed by atoms with Crippen LogP contribution in [0.15, 0.2) is 53.5 Å². The molecule has 0 saturated heterocycles. The Hall–Kier alpha value is -2.73. The summed E-state index contributed by atoms with van der Waals surface area (Å²) in [4.78, 5) is 23.9. The van der Waals surface area contributed by atoms with Gasteiger partial charge in [0.25, 0.3) is 0 Å². The third-order valence-corrected chi connectivity index (χ3v) is 3.59. The first-order valence-electron chi connectivity index (χ1n) is 6.74. The summed E-state index contributed by atoms with van der Waals surface area (Å²) in [6, 6.07) is 10.6. The molecule has 0 aliphatic carbocycles. The van der Waals surface area contributed by atoms with Crippen molar-refractivity contribution in [2.45, 2.75) is 6.54 Å². The number of aromatic nitrogens is 2. The Morgan fingerprint density at radius 3 is 2.87 bits per heavy atom. The van der Waals surface area contributed by atoms with Gasteiger partial charge in [0.2, 0.25) is 11.3 Å². The number of carbonyl (C=O) groups is 1. The molecule has 0 saturated carbocycles. The molecule has 7 heteroatoms. The summed E-state index contributed by atoms with van der Waals surface area (Å²) in [5.41, 5.74) is 0.507. The molecule has 0 bridgehead atoms. The number of nitrogens with one attached hydrogen (secondary N) is 1. The summed E-state index contributed by atoms with van der Waals surface area (Å²) in [6.45, 7) is -0.131. The van der Waals surface area contributed by atoms with Crippen molar-refractivity contribution in [3.63, 3.8) is 0 Å². The summed E-state index contributed by atoms with van der Waals surface area (Å²) in [5.74, 6) is -0.935. The quantitative estimate of drug-likeness (QED) is 0.802. The molecule has 0 atom stereocenters. The average Bonchev–Trinajstić information content (AvgIpc) is 2.54. The van der Waals surface area contributed by atoms with Crippen molar-refractivity contribution >= 4 is 34.1 Å². The molecule has 2 aromatic carbocycles. The lowest BCUT2D eigenvalue weighted by Gasteiger charge is -2.10. The first kappa shape index (κ1) is 15.2. The smallest absolute Gasteiger partial charge is 0.246 e. The van der Waals surface area contributed by atoms with Crippen molar-refractivity contribution < 1.29 is 9.18 Å². The second kappa shape index (κ2) is 6.18. The van der Waals surface area contributed by atoms with E-state index in [1.165, 1.54) is 16.8 Å². The third-order valence-electron chi connectivity index (χ3n) is 3.26. The molecule has 0 aliphatic rings. The first-order valence-corrected chi connectivity index (χ1v) is 7.12. The number of fused-ring (bicyclic) bond motifs is 1. The van der Waals surface area contributed by atoms with Crippen LogP contribution in [0.4, 0.5) is 10.1 Å². The van der Waals surface area contributed by atoms with Crippen LogP contribution < -0.4 is 10.7 Å². The Kier molecular flexibility index (Phi) is 4.08. The van der Waals surface area contributed by atoms with E-state index in [2.05, 4.69) is 10.4 Å². The van der Waals surface area contributed by atoms with Crippen molar-refractivity contribution in [1.82, 2.24) is 9.78 Å². The van der Waals surface area contributed by atoms with Crippen molar-refractivity contribution in [1.29, 1.82) is 0 Å². The molecule has 0 aliphatic heterocycles. The number of rotatable bonds is 3. The molecule has 0 radical (unpaired) electrons. The lowest BCUT2D eigenvalue weighted by molar-refractivity contribution is -0.116. The van der Waals surface area contributed by atoms with Crippen LogP contribution in [0.3, 0.4) is 0 Å². The molecule has 0 spiro atoms. The van der Waals surface area contributed by atoms with Crippen LogP contribution >= 0.6 is 11.6 Å². The predicted octanol–water partition coefficient (Wildman–Crippen LogP) is 2.83. The van der Waals surface area contributed by atoms with Gasteiger partial charge in [0, 0.05) is 5.39 Å². The molecular weight excluding hydrogens is 321 g/mol. The molecule has 0 unspecified atom stereocenters. The van der Waals surface area contributed by atoms with E-state index in [-0.39, 0.29) is 22.7 Å². The van der Waals surface area contributed by atoms with Crippen LogP contribution in [0.2, 0.25) is 5.02 Å².